The Hall–Kier alpha value is -3.19. The van der Waals surface area contributed by atoms with Crippen LogP contribution in [0, 0.1) is 18.2 Å². The lowest BCUT2D eigenvalue weighted by molar-refractivity contribution is -0.148. The van der Waals surface area contributed by atoms with E-state index in [4.69, 9.17) is 4.74 Å². The van der Waals surface area contributed by atoms with Crippen molar-refractivity contribution >= 4 is 5.91 Å². The molecule has 0 bridgehead atoms. The Bertz CT molecular complexity index is 1140. The van der Waals surface area contributed by atoms with Gasteiger partial charge in [0.05, 0.1) is 36.3 Å². The molecule has 1 fully saturated rings. The number of methoxy groups -OCH3 is 1. The van der Waals surface area contributed by atoms with Crippen molar-refractivity contribution in [2.45, 2.75) is 39.2 Å². The van der Waals surface area contributed by atoms with Crippen LogP contribution in [0.15, 0.2) is 55.0 Å². The summed E-state index contributed by atoms with van der Waals surface area (Å²) < 4.78 is 21.1. The molecule has 7 heteroatoms. The van der Waals surface area contributed by atoms with E-state index in [-0.39, 0.29) is 17.8 Å². The first-order chi connectivity index (χ1) is 16.4. The average Bonchev–Trinajstić information content (AvgIpc) is 3.27. The van der Waals surface area contributed by atoms with Gasteiger partial charge in [0.15, 0.2) is 0 Å². The summed E-state index contributed by atoms with van der Waals surface area (Å²) >= 11 is 0. The molecule has 3 aromatic rings. The maximum atomic E-state index is 13.9. The Morgan fingerprint density at radius 1 is 1.24 bits per heavy atom. The van der Waals surface area contributed by atoms with Gasteiger partial charge in [0.25, 0.3) is 0 Å². The molecule has 2 unspecified atom stereocenters. The van der Waals surface area contributed by atoms with E-state index in [1.54, 1.807) is 25.6 Å². The number of aromatic nitrogens is 2. The molecule has 2 atom stereocenters. The van der Waals surface area contributed by atoms with Crippen LogP contribution in [0.2, 0.25) is 0 Å². The lowest BCUT2D eigenvalue weighted by atomic mass is 9.73. The molecule has 4 rings (SSSR count). The van der Waals surface area contributed by atoms with E-state index in [0.29, 0.717) is 19.5 Å². The maximum Gasteiger partial charge on any atom is 0.230 e. The molecule has 1 saturated heterocycles. The molecular weight excluding hydrogens is 431 g/mol. The third-order valence-electron chi connectivity index (χ3n) is 6.88. The Kier molecular flexibility index (Phi) is 7.03. The summed E-state index contributed by atoms with van der Waals surface area (Å²) in [6.45, 7) is 5.26. The van der Waals surface area contributed by atoms with Crippen LogP contribution in [-0.2, 0) is 11.2 Å². The molecule has 1 N–H and O–H groups in total. The fourth-order valence-corrected chi connectivity index (χ4v) is 5.11. The van der Waals surface area contributed by atoms with Gasteiger partial charge in [-0.3, -0.25) is 4.79 Å². The number of piperidine rings is 1. The average molecular weight is 465 g/mol. The summed E-state index contributed by atoms with van der Waals surface area (Å²) in [4.78, 5) is 20.2. The highest BCUT2D eigenvalue weighted by atomic mass is 19.1. The molecule has 2 heterocycles. The number of halogens is 1. The third kappa shape index (κ3) is 4.71. The second-order valence-electron chi connectivity index (χ2n) is 9.25. The number of benzene rings is 2. The number of carbonyl (C=O) groups is 1. The van der Waals surface area contributed by atoms with E-state index >= 15 is 0 Å². The van der Waals surface area contributed by atoms with Gasteiger partial charge in [0, 0.05) is 19.3 Å². The van der Waals surface area contributed by atoms with E-state index in [1.807, 2.05) is 48.7 Å². The molecule has 0 saturated carbocycles. The smallest absolute Gasteiger partial charge is 0.230 e. The van der Waals surface area contributed by atoms with Gasteiger partial charge in [0.1, 0.15) is 11.6 Å². The number of ether oxygens (including phenoxy) is 1. The summed E-state index contributed by atoms with van der Waals surface area (Å²) in [5, 5.41) is 3.26. The summed E-state index contributed by atoms with van der Waals surface area (Å²) in [5.41, 5.74) is 3.28. The summed E-state index contributed by atoms with van der Waals surface area (Å²) in [5.74, 6) is 0.612. The van der Waals surface area contributed by atoms with Crippen LogP contribution in [0.4, 0.5) is 4.39 Å². The van der Waals surface area contributed by atoms with Crippen LogP contribution in [-0.4, -0.2) is 47.6 Å². The minimum Gasteiger partial charge on any atom is -0.495 e. The normalized spacial score (nSPS) is 19.3. The first-order valence-electron chi connectivity index (χ1n) is 11.8. The number of carbonyl (C=O) groups excluding carboxylic acids is 1. The highest BCUT2D eigenvalue weighted by Crippen LogP contribution is 2.39. The van der Waals surface area contributed by atoms with Gasteiger partial charge in [-0.05, 0) is 75.5 Å². The first kappa shape index (κ1) is 24.0. The van der Waals surface area contributed by atoms with Gasteiger partial charge in [-0.25, -0.2) is 9.37 Å². The molecule has 0 spiro atoms. The highest BCUT2D eigenvalue weighted by molar-refractivity contribution is 5.84. The molecule has 2 aromatic carbocycles. The summed E-state index contributed by atoms with van der Waals surface area (Å²) in [6.07, 6.45) is 6.07. The second kappa shape index (κ2) is 9.97. The molecule has 1 aliphatic heterocycles. The van der Waals surface area contributed by atoms with Gasteiger partial charge in [0.2, 0.25) is 5.91 Å². The largest absolute Gasteiger partial charge is 0.495 e. The van der Waals surface area contributed by atoms with E-state index in [0.717, 1.165) is 41.1 Å². The molecule has 1 aromatic heterocycles. The maximum absolute atomic E-state index is 13.9. The Balaban J connectivity index is 1.62. The van der Waals surface area contributed by atoms with E-state index in [1.165, 1.54) is 12.1 Å². The first-order valence-corrected chi connectivity index (χ1v) is 11.8. The van der Waals surface area contributed by atoms with Gasteiger partial charge in [-0.15, -0.1) is 0 Å². The van der Waals surface area contributed by atoms with Gasteiger partial charge in [-0.1, -0.05) is 18.2 Å². The van der Waals surface area contributed by atoms with Crippen LogP contribution >= 0.6 is 0 Å². The van der Waals surface area contributed by atoms with Crippen LogP contribution in [0.1, 0.15) is 42.6 Å². The number of nitrogens with zero attached hydrogens (tertiary/aromatic N) is 3. The van der Waals surface area contributed by atoms with E-state index in [2.05, 4.69) is 16.4 Å². The number of imidazole rings is 1. The van der Waals surface area contributed by atoms with Crippen molar-refractivity contribution < 1.29 is 13.9 Å². The minimum absolute atomic E-state index is 0.119. The molecule has 1 aliphatic rings. The van der Waals surface area contributed by atoms with Crippen molar-refractivity contribution in [2.24, 2.45) is 5.41 Å². The zero-order valence-electron chi connectivity index (χ0n) is 20.3. The molecule has 34 heavy (non-hydrogen) atoms. The van der Waals surface area contributed by atoms with Crippen molar-refractivity contribution in [3.63, 3.8) is 0 Å². The standard InChI is InChI=1S/C27H33FN4O2/c1-19-16-31(18-30-19)24-11-6-21(14-25(24)34-4)15-27(17-29-3)12-5-13-32(26(27)33)20(2)22-7-9-23(28)10-8-22/h6-11,14,16,18,20,29H,5,12-13,15,17H2,1-4H3. The van der Waals surface area contributed by atoms with Crippen molar-refractivity contribution in [2.75, 3.05) is 27.2 Å². The SMILES string of the molecule is CNCC1(Cc2ccc(-n3cnc(C)c3)c(OC)c2)CCCN(C(C)c2ccc(F)cc2)C1=O. The third-order valence-corrected chi connectivity index (χ3v) is 6.88. The Labute approximate surface area is 200 Å². The van der Waals surface area contributed by atoms with Crippen molar-refractivity contribution in [3.8, 4) is 11.4 Å². The quantitative estimate of drug-likeness (QED) is 0.535. The highest BCUT2D eigenvalue weighted by Gasteiger charge is 2.44. The fourth-order valence-electron chi connectivity index (χ4n) is 5.11. The predicted molar refractivity (Wildman–Crippen MR) is 131 cm³/mol. The number of hydrogen-bond donors (Lipinski definition) is 1. The lowest BCUT2D eigenvalue weighted by Gasteiger charge is -2.44. The van der Waals surface area contributed by atoms with Crippen molar-refractivity contribution in [3.05, 3.63) is 77.6 Å². The fraction of sp³-hybridized carbons (Fsp3) is 0.407. The number of aryl methyl sites for hydroxylation is 1. The lowest BCUT2D eigenvalue weighted by Crippen LogP contribution is -2.54. The monoisotopic (exact) mass is 464 g/mol. The zero-order valence-corrected chi connectivity index (χ0v) is 20.3. The second-order valence-corrected chi connectivity index (χ2v) is 9.25. The molecule has 1 amide bonds. The minimum atomic E-state index is -0.556. The van der Waals surface area contributed by atoms with E-state index < -0.39 is 5.41 Å². The van der Waals surface area contributed by atoms with Gasteiger partial charge in [-0.2, -0.15) is 0 Å². The number of amides is 1. The molecule has 6 nitrogen and oxygen atoms in total. The summed E-state index contributed by atoms with van der Waals surface area (Å²) in [6, 6.07) is 12.4. The number of hydrogen-bond acceptors (Lipinski definition) is 4. The molecule has 0 radical (unpaired) electrons. The zero-order chi connectivity index (χ0) is 24.3. The molecule has 180 valence electrons. The molecular formula is C27H33FN4O2. The van der Waals surface area contributed by atoms with Gasteiger partial charge < -0.3 is 19.5 Å². The number of rotatable bonds is 8. The Morgan fingerprint density at radius 3 is 2.65 bits per heavy atom. The Morgan fingerprint density at radius 2 is 2.00 bits per heavy atom. The summed E-state index contributed by atoms with van der Waals surface area (Å²) in [7, 11) is 3.55. The van der Waals surface area contributed by atoms with Crippen LogP contribution in [0.5, 0.6) is 5.75 Å². The topological polar surface area (TPSA) is 59.4 Å². The van der Waals surface area contributed by atoms with Crippen LogP contribution < -0.4 is 10.1 Å². The predicted octanol–water partition coefficient (Wildman–Crippen LogP) is 4.46. The van der Waals surface area contributed by atoms with Crippen LogP contribution in [0.3, 0.4) is 0 Å². The van der Waals surface area contributed by atoms with E-state index in [9.17, 15) is 9.18 Å². The number of nitrogens with one attached hydrogen (secondary N) is 1. The van der Waals surface area contributed by atoms with Crippen LogP contribution in [0.25, 0.3) is 5.69 Å². The number of likely N-dealkylation sites (tertiary alicyclic amines) is 1. The van der Waals surface area contributed by atoms with Gasteiger partial charge >= 0.3 is 0 Å². The molecule has 0 aliphatic carbocycles. The van der Waals surface area contributed by atoms with Crippen molar-refractivity contribution in [1.29, 1.82) is 0 Å². The van der Waals surface area contributed by atoms with Crippen molar-refractivity contribution in [1.82, 2.24) is 19.8 Å².